The van der Waals surface area contributed by atoms with Gasteiger partial charge in [0, 0.05) is 42.6 Å². The Hall–Kier alpha value is -3.35. The maximum absolute atomic E-state index is 12.8. The lowest BCUT2D eigenvalue weighted by atomic mass is 10.0. The molecule has 0 spiro atoms. The van der Waals surface area contributed by atoms with Gasteiger partial charge in [0.1, 0.15) is 0 Å². The van der Waals surface area contributed by atoms with Crippen molar-refractivity contribution in [1.82, 2.24) is 20.0 Å². The summed E-state index contributed by atoms with van der Waals surface area (Å²) in [6.07, 6.45) is 4.37. The molecule has 130 valence electrons. The molecule has 26 heavy (non-hydrogen) atoms. The molecule has 2 heterocycles. The van der Waals surface area contributed by atoms with E-state index in [1.54, 1.807) is 49.8 Å². The standard InChI is InChI=1S/C19H16N4O3/c1-23(11-17-21-18(22-26-17)12-7-9-20-10-8-12)19(25)15-4-2-3-14-13(15)5-6-16(14)24/h2-4,7-10H,5-6,11H2,1H3. The van der Waals surface area contributed by atoms with Crippen molar-refractivity contribution in [3.05, 3.63) is 65.3 Å². The molecule has 0 aliphatic heterocycles. The smallest absolute Gasteiger partial charge is 0.254 e. The highest BCUT2D eigenvalue weighted by Crippen LogP contribution is 2.26. The Labute approximate surface area is 149 Å². The minimum Gasteiger partial charge on any atom is -0.337 e. The molecule has 2 aromatic heterocycles. The van der Waals surface area contributed by atoms with Gasteiger partial charge in [-0.3, -0.25) is 14.6 Å². The van der Waals surface area contributed by atoms with Crippen LogP contribution in [0.15, 0.2) is 47.2 Å². The normalized spacial score (nSPS) is 12.9. The fraction of sp³-hybridized carbons (Fsp3) is 0.211. The summed E-state index contributed by atoms with van der Waals surface area (Å²) in [5.41, 5.74) is 2.84. The molecule has 1 amide bonds. The highest BCUT2D eigenvalue weighted by molar-refractivity contribution is 6.05. The van der Waals surface area contributed by atoms with Crippen molar-refractivity contribution in [3.63, 3.8) is 0 Å². The monoisotopic (exact) mass is 348 g/mol. The number of amides is 1. The van der Waals surface area contributed by atoms with Gasteiger partial charge >= 0.3 is 0 Å². The number of aromatic nitrogens is 3. The lowest BCUT2D eigenvalue weighted by Gasteiger charge is -2.16. The van der Waals surface area contributed by atoms with Crippen LogP contribution in [0.25, 0.3) is 11.4 Å². The van der Waals surface area contributed by atoms with E-state index in [9.17, 15) is 9.59 Å². The van der Waals surface area contributed by atoms with Gasteiger partial charge in [-0.15, -0.1) is 0 Å². The number of ketones is 1. The predicted octanol–water partition coefficient (Wildman–Crippen LogP) is 2.53. The number of pyridine rings is 1. The van der Waals surface area contributed by atoms with E-state index in [0.717, 1.165) is 11.1 Å². The maximum Gasteiger partial charge on any atom is 0.254 e. The van der Waals surface area contributed by atoms with Crippen LogP contribution in [0.5, 0.6) is 0 Å². The van der Waals surface area contributed by atoms with Crippen molar-refractivity contribution in [2.24, 2.45) is 0 Å². The second kappa shape index (κ2) is 6.51. The highest BCUT2D eigenvalue weighted by Gasteiger charge is 2.26. The van der Waals surface area contributed by atoms with Crippen LogP contribution in [0.3, 0.4) is 0 Å². The molecule has 0 bridgehead atoms. The molecule has 0 saturated carbocycles. The number of carbonyl (C=O) groups is 2. The van der Waals surface area contributed by atoms with Crippen molar-refractivity contribution in [2.45, 2.75) is 19.4 Å². The van der Waals surface area contributed by atoms with Gasteiger partial charge in [0.05, 0.1) is 6.54 Å². The zero-order valence-electron chi connectivity index (χ0n) is 14.2. The predicted molar refractivity (Wildman–Crippen MR) is 92.4 cm³/mol. The van der Waals surface area contributed by atoms with Gasteiger partial charge < -0.3 is 9.42 Å². The third-order valence-electron chi connectivity index (χ3n) is 4.43. The largest absolute Gasteiger partial charge is 0.337 e. The van der Waals surface area contributed by atoms with Crippen molar-refractivity contribution in [2.75, 3.05) is 7.05 Å². The first-order chi connectivity index (χ1) is 12.6. The number of nitrogens with zero attached hydrogens (tertiary/aromatic N) is 4. The van der Waals surface area contributed by atoms with E-state index >= 15 is 0 Å². The minimum atomic E-state index is -0.166. The Morgan fingerprint density at radius 2 is 2.00 bits per heavy atom. The van der Waals surface area contributed by atoms with E-state index in [1.165, 1.54) is 4.90 Å². The quantitative estimate of drug-likeness (QED) is 0.720. The van der Waals surface area contributed by atoms with E-state index in [4.69, 9.17) is 4.52 Å². The van der Waals surface area contributed by atoms with Crippen LogP contribution in [0.2, 0.25) is 0 Å². The number of Topliss-reactive ketones (excluding diaryl/α,β-unsaturated/α-hetero) is 1. The Morgan fingerprint density at radius 3 is 2.81 bits per heavy atom. The van der Waals surface area contributed by atoms with Crippen LogP contribution < -0.4 is 0 Å². The molecular formula is C19H16N4O3. The maximum atomic E-state index is 12.8. The fourth-order valence-corrected chi connectivity index (χ4v) is 3.11. The summed E-state index contributed by atoms with van der Waals surface area (Å²) in [5.74, 6) is 0.724. The summed E-state index contributed by atoms with van der Waals surface area (Å²) >= 11 is 0. The summed E-state index contributed by atoms with van der Waals surface area (Å²) in [6.45, 7) is 0.189. The Balaban J connectivity index is 1.53. The van der Waals surface area contributed by atoms with Crippen LogP contribution >= 0.6 is 0 Å². The van der Waals surface area contributed by atoms with Gasteiger partial charge in [0.25, 0.3) is 5.91 Å². The van der Waals surface area contributed by atoms with E-state index in [2.05, 4.69) is 15.1 Å². The third kappa shape index (κ3) is 2.88. The number of benzene rings is 1. The van der Waals surface area contributed by atoms with Gasteiger partial charge in [-0.05, 0) is 30.2 Å². The first-order valence-electron chi connectivity index (χ1n) is 8.27. The van der Waals surface area contributed by atoms with Gasteiger partial charge in [-0.1, -0.05) is 17.3 Å². The third-order valence-corrected chi connectivity index (χ3v) is 4.43. The molecule has 3 aromatic rings. The van der Waals surface area contributed by atoms with Crippen LogP contribution in [0.4, 0.5) is 0 Å². The van der Waals surface area contributed by atoms with Crippen molar-refractivity contribution < 1.29 is 14.1 Å². The second-order valence-corrected chi connectivity index (χ2v) is 6.16. The van der Waals surface area contributed by atoms with E-state index in [1.807, 2.05) is 0 Å². The lowest BCUT2D eigenvalue weighted by Crippen LogP contribution is -2.27. The molecule has 0 unspecified atom stereocenters. The topological polar surface area (TPSA) is 89.2 Å². The number of rotatable bonds is 4. The molecule has 7 heteroatoms. The van der Waals surface area contributed by atoms with E-state index in [0.29, 0.717) is 35.7 Å². The van der Waals surface area contributed by atoms with Gasteiger partial charge in [0.15, 0.2) is 5.78 Å². The van der Waals surface area contributed by atoms with Crippen molar-refractivity contribution in [3.8, 4) is 11.4 Å². The van der Waals surface area contributed by atoms with Crippen molar-refractivity contribution >= 4 is 11.7 Å². The summed E-state index contributed by atoms with van der Waals surface area (Å²) < 4.78 is 5.26. The molecular weight excluding hydrogens is 332 g/mol. The Morgan fingerprint density at radius 1 is 1.19 bits per heavy atom. The first-order valence-corrected chi connectivity index (χ1v) is 8.27. The SMILES string of the molecule is CN(Cc1nc(-c2ccncc2)no1)C(=O)c1cccc2c1CCC2=O. The van der Waals surface area contributed by atoms with Crippen molar-refractivity contribution in [1.29, 1.82) is 0 Å². The van der Waals surface area contributed by atoms with Gasteiger partial charge in [0.2, 0.25) is 11.7 Å². The van der Waals surface area contributed by atoms with E-state index < -0.39 is 0 Å². The number of hydrogen-bond donors (Lipinski definition) is 0. The molecule has 0 radical (unpaired) electrons. The second-order valence-electron chi connectivity index (χ2n) is 6.16. The van der Waals surface area contributed by atoms with Crippen LogP contribution in [0, 0.1) is 0 Å². The van der Waals surface area contributed by atoms with E-state index in [-0.39, 0.29) is 18.2 Å². The average Bonchev–Trinajstić information content (AvgIpc) is 3.29. The summed E-state index contributed by atoms with van der Waals surface area (Å²) in [6, 6.07) is 8.85. The first kappa shape index (κ1) is 16.1. The zero-order chi connectivity index (χ0) is 18.1. The fourth-order valence-electron chi connectivity index (χ4n) is 3.11. The summed E-state index contributed by atoms with van der Waals surface area (Å²) in [5, 5.41) is 3.94. The van der Waals surface area contributed by atoms with Crippen LogP contribution in [-0.2, 0) is 13.0 Å². The van der Waals surface area contributed by atoms with Crippen LogP contribution in [0.1, 0.15) is 38.6 Å². The molecule has 7 nitrogen and oxygen atoms in total. The molecule has 1 aliphatic rings. The molecule has 4 rings (SSSR count). The number of carbonyl (C=O) groups excluding carboxylic acids is 2. The molecule has 1 aromatic carbocycles. The lowest BCUT2D eigenvalue weighted by molar-refractivity contribution is 0.0768. The van der Waals surface area contributed by atoms with Gasteiger partial charge in [-0.25, -0.2) is 0 Å². The zero-order valence-corrected chi connectivity index (χ0v) is 14.2. The molecule has 0 fully saturated rings. The number of fused-ring (bicyclic) bond motifs is 1. The molecule has 1 aliphatic carbocycles. The molecule has 0 N–H and O–H groups in total. The molecule has 0 saturated heterocycles. The summed E-state index contributed by atoms with van der Waals surface area (Å²) in [7, 11) is 1.68. The average molecular weight is 348 g/mol. The Kier molecular flexibility index (Phi) is 4.04. The van der Waals surface area contributed by atoms with Crippen LogP contribution in [-0.4, -0.2) is 38.8 Å². The number of hydrogen-bond acceptors (Lipinski definition) is 6. The highest BCUT2D eigenvalue weighted by atomic mass is 16.5. The Bertz CT molecular complexity index is 981. The molecule has 0 atom stereocenters. The minimum absolute atomic E-state index is 0.0937. The van der Waals surface area contributed by atoms with Gasteiger partial charge in [-0.2, -0.15) is 4.98 Å². The summed E-state index contributed by atoms with van der Waals surface area (Å²) in [4.78, 5) is 34.5.